The summed E-state index contributed by atoms with van der Waals surface area (Å²) in [7, 11) is 2.18. The highest BCUT2D eigenvalue weighted by Gasteiger charge is 2.25. The first kappa shape index (κ1) is 11.2. The molecule has 0 aromatic heterocycles. The number of aliphatic hydroxyl groups is 1. The molecular weight excluding hydrogens is 198 g/mol. The summed E-state index contributed by atoms with van der Waals surface area (Å²) in [6.07, 6.45) is 2.69. The van der Waals surface area contributed by atoms with E-state index in [-0.39, 0.29) is 6.61 Å². The quantitative estimate of drug-likeness (QED) is 0.775. The summed E-state index contributed by atoms with van der Waals surface area (Å²) in [5.74, 6) is 5.54. The minimum atomic E-state index is -0.0772. The average Bonchev–Trinajstić information content (AvgIpc) is 3.12. The summed E-state index contributed by atoms with van der Waals surface area (Å²) >= 11 is 0. The molecule has 1 aliphatic carbocycles. The zero-order valence-corrected chi connectivity index (χ0v) is 9.61. The van der Waals surface area contributed by atoms with Crippen molar-refractivity contribution in [3.8, 4) is 11.8 Å². The Hall–Kier alpha value is -1.30. The van der Waals surface area contributed by atoms with E-state index in [2.05, 4.69) is 35.9 Å². The molecule has 0 radical (unpaired) electrons. The minimum Gasteiger partial charge on any atom is -0.384 e. The fourth-order valence-electron chi connectivity index (χ4n) is 1.77. The minimum absolute atomic E-state index is 0.0772. The molecule has 2 rings (SSSR count). The topological polar surface area (TPSA) is 23.5 Å². The Balaban J connectivity index is 1.95. The van der Waals surface area contributed by atoms with Crippen molar-refractivity contribution in [3.63, 3.8) is 0 Å². The molecule has 0 amide bonds. The van der Waals surface area contributed by atoms with Crippen molar-refractivity contribution in [2.75, 3.05) is 13.7 Å². The molecule has 0 bridgehead atoms. The van der Waals surface area contributed by atoms with Gasteiger partial charge in [0.05, 0.1) is 0 Å². The van der Waals surface area contributed by atoms with Gasteiger partial charge in [-0.25, -0.2) is 0 Å². The maximum atomic E-state index is 8.59. The summed E-state index contributed by atoms with van der Waals surface area (Å²) in [6, 6.07) is 9.05. The lowest BCUT2D eigenvalue weighted by Gasteiger charge is -2.15. The third-order valence-corrected chi connectivity index (χ3v) is 2.87. The SMILES string of the molecule is CN(Cc1ccc(C#CCO)cc1)C1CC1. The Morgan fingerprint density at radius 2 is 2.00 bits per heavy atom. The van der Waals surface area contributed by atoms with Crippen LogP contribution in [0.5, 0.6) is 0 Å². The second-order valence-electron chi connectivity index (χ2n) is 4.30. The van der Waals surface area contributed by atoms with Gasteiger partial charge >= 0.3 is 0 Å². The molecule has 0 heterocycles. The van der Waals surface area contributed by atoms with Gasteiger partial charge in [0, 0.05) is 18.2 Å². The number of rotatable bonds is 3. The van der Waals surface area contributed by atoms with Gasteiger partial charge in [-0.1, -0.05) is 24.0 Å². The molecule has 0 aliphatic heterocycles. The first-order valence-electron chi connectivity index (χ1n) is 5.68. The molecular formula is C14H17NO. The van der Waals surface area contributed by atoms with E-state index in [1.165, 1.54) is 18.4 Å². The molecule has 16 heavy (non-hydrogen) atoms. The summed E-state index contributed by atoms with van der Waals surface area (Å²) in [5, 5.41) is 8.59. The van der Waals surface area contributed by atoms with Gasteiger partial charge in [-0.05, 0) is 37.6 Å². The van der Waals surface area contributed by atoms with Crippen LogP contribution in [0.15, 0.2) is 24.3 Å². The van der Waals surface area contributed by atoms with E-state index in [1.54, 1.807) is 0 Å². The molecule has 1 aromatic rings. The summed E-state index contributed by atoms with van der Waals surface area (Å²) in [5.41, 5.74) is 2.29. The number of aliphatic hydroxyl groups excluding tert-OH is 1. The Kier molecular flexibility index (Phi) is 3.61. The summed E-state index contributed by atoms with van der Waals surface area (Å²) in [4.78, 5) is 2.40. The van der Waals surface area contributed by atoms with Crippen LogP contribution < -0.4 is 0 Å². The second-order valence-corrected chi connectivity index (χ2v) is 4.30. The van der Waals surface area contributed by atoms with Gasteiger partial charge in [0.15, 0.2) is 0 Å². The Morgan fingerprint density at radius 1 is 1.31 bits per heavy atom. The lowest BCUT2D eigenvalue weighted by molar-refractivity contribution is 0.316. The van der Waals surface area contributed by atoms with Crippen LogP contribution in [0.3, 0.4) is 0 Å². The maximum Gasteiger partial charge on any atom is 0.104 e. The molecule has 1 saturated carbocycles. The monoisotopic (exact) mass is 215 g/mol. The highest BCUT2D eigenvalue weighted by atomic mass is 16.2. The largest absolute Gasteiger partial charge is 0.384 e. The normalized spacial score (nSPS) is 14.7. The Labute approximate surface area is 96.9 Å². The molecule has 0 atom stereocenters. The predicted octanol–water partition coefficient (Wildman–Crippen LogP) is 1.62. The van der Waals surface area contributed by atoms with Crippen molar-refractivity contribution in [1.29, 1.82) is 0 Å². The van der Waals surface area contributed by atoms with E-state index in [1.807, 2.05) is 12.1 Å². The van der Waals surface area contributed by atoms with E-state index in [0.29, 0.717) is 0 Å². The van der Waals surface area contributed by atoms with Crippen LogP contribution in [-0.2, 0) is 6.54 Å². The molecule has 1 fully saturated rings. The molecule has 1 N–H and O–H groups in total. The van der Waals surface area contributed by atoms with Crippen LogP contribution in [-0.4, -0.2) is 29.7 Å². The van der Waals surface area contributed by atoms with Gasteiger partial charge in [0.2, 0.25) is 0 Å². The van der Waals surface area contributed by atoms with Gasteiger partial charge in [-0.15, -0.1) is 0 Å². The highest BCUT2D eigenvalue weighted by Crippen LogP contribution is 2.26. The van der Waals surface area contributed by atoms with Gasteiger partial charge in [-0.2, -0.15) is 0 Å². The van der Waals surface area contributed by atoms with Crippen LogP contribution in [0.2, 0.25) is 0 Å². The van der Waals surface area contributed by atoms with Crippen LogP contribution in [0.1, 0.15) is 24.0 Å². The lowest BCUT2D eigenvalue weighted by Crippen LogP contribution is -2.19. The first-order valence-corrected chi connectivity index (χ1v) is 5.68. The highest BCUT2D eigenvalue weighted by molar-refractivity contribution is 5.36. The molecule has 2 heteroatoms. The molecule has 1 aliphatic rings. The molecule has 0 unspecified atom stereocenters. The Bertz CT molecular complexity index is 395. The number of hydrogen-bond acceptors (Lipinski definition) is 2. The molecule has 1 aromatic carbocycles. The smallest absolute Gasteiger partial charge is 0.104 e. The number of nitrogens with zero attached hydrogens (tertiary/aromatic N) is 1. The van der Waals surface area contributed by atoms with Crippen molar-refractivity contribution >= 4 is 0 Å². The first-order chi connectivity index (χ1) is 7.79. The summed E-state index contributed by atoms with van der Waals surface area (Å²) in [6.45, 7) is 0.935. The van der Waals surface area contributed by atoms with Crippen molar-refractivity contribution < 1.29 is 5.11 Å². The predicted molar refractivity (Wildman–Crippen MR) is 64.9 cm³/mol. The third-order valence-electron chi connectivity index (χ3n) is 2.87. The van der Waals surface area contributed by atoms with E-state index in [0.717, 1.165) is 18.2 Å². The maximum absolute atomic E-state index is 8.59. The Morgan fingerprint density at radius 3 is 2.56 bits per heavy atom. The van der Waals surface area contributed by atoms with Crippen LogP contribution in [0.25, 0.3) is 0 Å². The number of hydrogen-bond donors (Lipinski definition) is 1. The number of benzene rings is 1. The van der Waals surface area contributed by atoms with Gasteiger partial charge in [-0.3, -0.25) is 4.90 Å². The van der Waals surface area contributed by atoms with E-state index < -0.39 is 0 Å². The van der Waals surface area contributed by atoms with E-state index in [9.17, 15) is 0 Å². The molecule has 0 saturated heterocycles. The van der Waals surface area contributed by atoms with Crippen molar-refractivity contribution in [2.24, 2.45) is 0 Å². The van der Waals surface area contributed by atoms with Crippen LogP contribution in [0, 0.1) is 11.8 Å². The lowest BCUT2D eigenvalue weighted by atomic mass is 10.1. The van der Waals surface area contributed by atoms with E-state index >= 15 is 0 Å². The van der Waals surface area contributed by atoms with Crippen molar-refractivity contribution in [1.82, 2.24) is 4.90 Å². The van der Waals surface area contributed by atoms with E-state index in [4.69, 9.17) is 5.11 Å². The van der Waals surface area contributed by atoms with Gasteiger partial charge in [0.1, 0.15) is 6.61 Å². The summed E-state index contributed by atoms with van der Waals surface area (Å²) < 4.78 is 0. The second kappa shape index (κ2) is 5.16. The average molecular weight is 215 g/mol. The molecule has 2 nitrogen and oxygen atoms in total. The molecule has 0 spiro atoms. The van der Waals surface area contributed by atoms with Crippen molar-refractivity contribution in [3.05, 3.63) is 35.4 Å². The zero-order valence-electron chi connectivity index (χ0n) is 9.61. The zero-order chi connectivity index (χ0) is 11.4. The van der Waals surface area contributed by atoms with Crippen molar-refractivity contribution in [2.45, 2.75) is 25.4 Å². The van der Waals surface area contributed by atoms with Gasteiger partial charge < -0.3 is 5.11 Å². The molecule has 84 valence electrons. The standard InChI is InChI=1S/C14H17NO/c1-15(14-8-9-14)11-13-6-4-12(5-7-13)3-2-10-16/h4-7,14,16H,8-11H2,1H3. The fraction of sp³-hybridized carbons (Fsp3) is 0.429. The third kappa shape index (κ3) is 3.10. The fourth-order valence-corrected chi connectivity index (χ4v) is 1.77. The van der Waals surface area contributed by atoms with Crippen LogP contribution in [0.4, 0.5) is 0 Å². The van der Waals surface area contributed by atoms with Crippen LogP contribution >= 0.6 is 0 Å². The van der Waals surface area contributed by atoms with Gasteiger partial charge in [0.25, 0.3) is 0 Å².